The van der Waals surface area contributed by atoms with Crippen molar-refractivity contribution in [3.05, 3.63) is 29.3 Å². The molecule has 4 heteroatoms. The van der Waals surface area contributed by atoms with Gasteiger partial charge >= 0.3 is 6.03 Å². The third-order valence-electron chi connectivity index (χ3n) is 3.41. The minimum Gasteiger partial charge on any atom is -0.335 e. The van der Waals surface area contributed by atoms with Crippen molar-refractivity contribution in [2.24, 2.45) is 5.41 Å². The highest BCUT2D eigenvalue weighted by Crippen LogP contribution is 2.36. The fraction of sp³-hybridized carbons (Fsp3) is 0.500. The maximum Gasteiger partial charge on any atom is 0.319 e. The molecule has 0 aromatic heterocycles. The maximum absolute atomic E-state index is 11.8. The van der Waals surface area contributed by atoms with E-state index >= 15 is 0 Å². The Bertz CT molecular complexity index is 428. The molecule has 3 nitrogen and oxygen atoms in total. The second-order valence-electron chi connectivity index (χ2n) is 5.71. The molecule has 18 heavy (non-hydrogen) atoms. The van der Waals surface area contributed by atoms with Crippen molar-refractivity contribution in [1.29, 1.82) is 0 Å². The van der Waals surface area contributed by atoms with Crippen LogP contribution in [0.2, 0.25) is 5.02 Å². The number of nitrogens with one attached hydrogen (secondary N) is 2. The number of carbonyl (C=O) groups excluding carboxylic acids is 1. The molecular weight excluding hydrogens is 248 g/mol. The van der Waals surface area contributed by atoms with Gasteiger partial charge in [0.1, 0.15) is 0 Å². The van der Waals surface area contributed by atoms with Crippen molar-refractivity contribution in [1.82, 2.24) is 5.32 Å². The lowest BCUT2D eigenvalue weighted by Gasteiger charge is -2.18. The molecule has 1 aromatic rings. The summed E-state index contributed by atoms with van der Waals surface area (Å²) in [4.78, 5) is 11.8. The van der Waals surface area contributed by atoms with E-state index in [0.29, 0.717) is 10.4 Å². The van der Waals surface area contributed by atoms with Gasteiger partial charge in [0.05, 0.1) is 0 Å². The number of benzene rings is 1. The van der Waals surface area contributed by atoms with Crippen LogP contribution < -0.4 is 10.6 Å². The van der Waals surface area contributed by atoms with Gasteiger partial charge in [0.15, 0.2) is 0 Å². The molecule has 1 aromatic carbocycles. The molecule has 0 bridgehead atoms. The molecule has 1 fully saturated rings. The highest BCUT2D eigenvalue weighted by molar-refractivity contribution is 6.30. The molecule has 98 valence electrons. The van der Waals surface area contributed by atoms with Gasteiger partial charge in [0.25, 0.3) is 0 Å². The summed E-state index contributed by atoms with van der Waals surface area (Å²) in [7, 11) is 0. The molecule has 1 saturated carbocycles. The Kier molecular flexibility index (Phi) is 3.81. The number of urea groups is 1. The van der Waals surface area contributed by atoms with Crippen LogP contribution in [-0.4, -0.2) is 12.1 Å². The van der Waals surface area contributed by atoms with Gasteiger partial charge in [-0.1, -0.05) is 25.4 Å². The van der Waals surface area contributed by atoms with Crippen LogP contribution in [0.5, 0.6) is 0 Å². The molecule has 2 rings (SSSR count). The van der Waals surface area contributed by atoms with Crippen molar-refractivity contribution in [2.75, 3.05) is 5.32 Å². The number of anilines is 1. The molecule has 2 N–H and O–H groups in total. The van der Waals surface area contributed by atoms with Gasteiger partial charge in [-0.2, -0.15) is 0 Å². The number of carbonyl (C=O) groups is 1. The summed E-state index contributed by atoms with van der Waals surface area (Å²) < 4.78 is 0. The monoisotopic (exact) mass is 266 g/mol. The van der Waals surface area contributed by atoms with Crippen molar-refractivity contribution >= 4 is 23.3 Å². The Labute approximate surface area is 113 Å². The number of rotatable bonds is 2. The molecule has 1 aliphatic rings. The van der Waals surface area contributed by atoms with Crippen LogP contribution >= 0.6 is 11.6 Å². The van der Waals surface area contributed by atoms with E-state index in [-0.39, 0.29) is 12.1 Å². The van der Waals surface area contributed by atoms with E-state index in [4.69, 9.17) is 11.6 Å². The van der Waals surface area contributed by atoms with E-state index in [0.717, 1.165) is 18.5 Å². The fourth-order valence-electron chi connectivity index (χ4n) is 2.45. The summed E-state index contributed by atoms with van der Waals surface area (Å²) >= 11 is 5.79. The molecule has 0 radical (unpaired) electrons. The Morgan fingerprint density at radius 2 is 2.00 bits per heavy atom. The lowest BCUT2D eigenvalue weighted by Crippen LogP contribution is -2.36. The highest BCUT2D eigenvalue weighted by Gasteiger charge is 2.31. The minimum atomic E-state index is -0.139. The molecule has 0 spiro atoms. The Balaban J connectivity index is 1.84. The van der Waals surface area contributed by atoms with E-state index in [1.165, 1.54) is 6.42 Å². The van der Waals surface area contributed by atoms with E-state index in [1.807, 2.05) is 0 Å². The summed E-state index contributed by atoms with van der Waals surface area (Å²) in [5.41, 5.74) is 1.10. The van der Waals surface area contributed by atoms with Crippen LogP contribution in [0.1, 0.15) is 33.1 Å². The number of hydrogen-bond donors (Lipinski definition) is 2. The van der Waals surface area contributed by atoms with Gasteiger partial charge in [0.2, 0.25) is 0 Å². The van der Waals surface area contributed by atoms with Gasteiger partial charge in [-0.25, -0.2) is 4.79 Å². The lowest BCUT2D eigenvalue weighted by molar-refractivity contribution is 0.247. The van der Waals surface area contributed by atoms with Gasteiger partial charge in [-0.15, -0.1) is 0 Å². The Hall–Kier alpha value is -1.22. The van der Waals surface area contributed by atoms with E-state index < -0.39 is 0 Å². The predicted octanol–water partition coefficient (Wildman–Crippen LogP) is 4.04. The zero-order chi connectivity index (χ0) is 13.2. The fourth-order valence-corrected chi connectivity index (χ4v) is 2.57. The number of halogens is 1. The van der Waals surface area contributed by atoms with E-state index in [1.54, 1.807) is 24.3 Å². The number of hydrogen-bond acceptors (Lipinski definition) is 1. The van der Waals surface area contributed by atoms with E-state index in [2.05, 4.69) is 24.5 Å². The predicted molar refractivity (Wildman–Crippen MR) is 75.0 cm³/mol. The Morgan fingerprint density at radius 3 is 2.56 bits per heavy atom. The lowest BCUT2D eigenvalue weighted by atomic mass is 9.92. The zero-order valence-corrected chi connectivity index (χ0v) is 11.6. The molecule has 0 aliphatic heterocycles. The third-order valence-corrected chi connectivity index (χ3v) is 3.66. The zero-order valence-electron chi connectivity index (χ0n) is 10.8. The molecule has 2 amide bonds. The van der Waals surface area contributed by atoms with Crippen LogP contribution in [0.3, 0.4) is 0 Å². The highest BCUT2D eigenvalue weighted by atomic mass is 35.5. The number of amides is 2. The third kappa shape index (κ3) is 3.64. The average Bonchev–Trinajstić information content (AvgIpc) is 2.61. The minimum absolute atomic E-state index is 0.139. The van der Waals surface area contributed by atoms with Gasteiger partial charge in [-0.05, 0) is 48.9 Å². The van der Waals surface area contributed by atoms with Crippen LogP contribution in [0.4, 0.5) is 10.5 Å². The molecule has 0 heterocycles. The van der Waals surface area contributed by atoms with Crippen LogP contribution in [0.15, 0.2) is 24.3 Å². The van der Waals surface area contributed by atoms with E-state index in [9.17, 15) is 4.79 Å². The van der Waals surface area contributed by atoms with Crippen LogP contribution in [0.25, 0.3) is 0 Å². The molecule has 1 unspecified atom stereocenters. The normalized spacial score (nSPS) is 21.6. The smallest absolute Gasteiger partial charge is 0.319 e. The first-order valence-electron chi connectivity index (χ1n) is 6.28. The SMILES string of the molecule is CC1(C)CCC(NC(=O)Nc2ccc(Cl)cc2)C1. The summed E-state index contributed by atoms with van der Waals surface area (Å²) in [5, 5.41) is 6.49. The standard InChI is InChI=1S/C14H19ClN2O/c1-14(2)8-7-12(9-14)17-13(18)16-11-5-3-10(15)4-6-11/h3-6,12H,7-9H2,1-2H3,(H2,16,17,18). The first-order chi connectivity index (χ1) is 8.44. The van der Waals surface area contributed by atoms with Crippen LogP contribution in [0, 0.1) is 5.41 Å². The summed E-state index contributed by atoms with van der Waals surface area (Å²) in [6, 6.07) is 7.25. The Morgan fingerprint density at radius 1 is 1.33 bits per heavy atom. The van der Waals surface area contributed by atoms with Crippen molar-refractivity contribution in [3.8, 4) is 0 Å². The summed E-state index contributed by atoms with van der Waals surface area (Å²) in [6.07, 6.45) is 3.26. The van der Waals surface area contributed by atoms with Crippen molar-refractivity contribution in [3.63, 3.8) is 0 Å². The summed E-state index contributed by atoms with van der Waals surface area (Å²) in [6.45, 7) is 4.48. The van der Waals surface area contributed by atoms with Crippen molar-refractivity contribution in [2.45, 2.75) is 39.2 Å². The van der Waals surface area contributed by atoms with Gasteiger partial charge in [-0.3, -0.25) is 0 Å². The second-order valence-corrected chi connectivity index (χ2v) is 6.15. The second kappa shape index (κ2) is 5.19. The quantitative estimate of drug-likeness (QED) is 0.833. The molecule has 1 aliphatic carbocycles. The first kappa shape index (κ1) is 13.2. The first-order valence-corrected chi connectivity index (χ1v) is 6.65. The largest absolute Gasteiger partial charge is 0.335 e. The van der Waals surface area contributed by atoms with Gasteiger partial charge < -0.3 is 10.6 Å². The summed E-state index contributed by atoms with van der Waals surface area (Å²) in [5.74, 6) is 0. The molecule has 1 atom stereocenters. The van der Waals surface area contributed by atoms with Crippen molar-refractivity contribution < 1.29 is 4.79 Å². The molecular formula is C14H19ClN2O. The van der Waals surface area contributed by atoms with Crippen LogP contribution in [-0.2, 0) is 0 Å². The topological polar surface area (TPSA) is 41.1 Å². The average molecular weight is 267 g/mol. The molecule has 0 saturated heterocycles. The maximum atomic E-state index is 11.8. The van der Waals surface area contributed by atoms with Gasteiger partial charge in [0, 0.05) is 16.8 Å².